The minimum absolute atomic E-state index is 0.0326. The van der Waals surface area contributed by atoms with Crippen LogP contribution in [0.25, 0.3) is 0 Å². The molecule has 21 heavy (non-hydrogen) atoms. The number of nitrogens with two attached hydrogens (primary N) is 1. The Labute approximate surface area is 133 Å². The van der Waals surface area contributed by atoms with Crippen molar-refractivity contribution in [1.29, 1.82) is 0 Å². The van der Waals surface area contributed by atoms with Crippen LogP contribution in [0.4, 0.5) is 4.39 Å². The molecule has 0 aliphatic carbocycles. The number of halogens is 2. The molecule has 0 aliphatic rings. The Morgan fingerprint density at radius 3 is 2.62 bits per heavy atom. The Hall–Kier alpha value is -1.52. The maximum absolute atomic E-state index is 13.6. The van der Waals surface area contributed by atoms with E-state index < -0.39 is 0 Å². The van der Waals surface area contributed by atoms with E-state index >= 15 is 0 Å². The minimum atomic E-state index is -0.320. The van der Waals surface area contributed by atoms with Gasteiger partial charge in [-0.2, -0.15) is 0 Å². The predicted octanol–water partition coefficient (Wildman–Crippen LogP) is 4.79. The molecule has 2 nitrogen and oxygen atoms in total. The molecule has 0 saturated carbocycles. The molecular formula is C16H16ClFN2S. The first-order valence-electron chi connectivity index (χ1n) is 6.52. The minimum Gasteiger partial charge on any atom is -0.379 e. The van der Waals surface area contributed by atoms with E-state index in [1.165, 1.54) is 17.8 Å². The highest BCUT2D eigenvalue weighted by Crippen LogP contribution is 2.25. The quantitative estimate of drug-likeness (QED) is 0.649. The molecule has 110 valence electrons. The third-order valence-electron chi connectivity index (χ3n) is 3.03. The van der Waals surface area contributed by atoms with Gasteiger partial charge in [0.15, 0.2) is 5.17 Å². The number of thioether (sulfide) groups is 1. The van der Waals surface area contributed by atoms with Gasteiger partial charge in [0.05, 0.1) is 6.04 Å². The summed E-state index contributed by atoms with van der Waals surface area (Å²) in [5.41, 5.74) is 7.45. The molecule has 0 fully saturated rings. The van der Waals surface area contributed by atoms with Crippen LogP contribution in [0.1, 0.15) is 24.1 Å². The van der Waals surface area contributed by atoms with Gasteiger partial charge >= 0.3 is 0 Å². The fourth-order valence-electron chi connectivity index (χ4n) is 1.85. The number of benzene rings is 2. The standard InChI is InChI=1S/C16H16ClFN2S/c1-11(12-6-3-2-4-7-12)20-16(19)21-10-13-14(17)8-5-9-15(13)18/h2-9,11H,10H2,1H3,(H2,19,20)/t11-/m1/s1. The average molecular weight is 323 g/mol. The van der Waals surface area contributed by atoms with Crippen LogP contribution in [-0.4, -0.2) is 5.17 Å². The Morgan fingerprint density at radius 1 is 1.24 bits per heavy atom. The number of nitrogens with zero attached hydrogens (tertiary/aromatic N) is 1. The van der Waals surface area contributed by atoms with Crippen molar-refractivity contribution in [3.63, 3.8) is 0 Å². The van der Waals surface area contributed by atoms with Gasteiger partial charge in [-0.25, -0.2) is 4.39 Å². The van der Waals surface area contributed by atoms with Crippen molar-refractivity contribution in [2.45, 2.75) is 18.7 Å². The van der Waals surface area contributed by atoms with Crippen molar-refractivity contribution in [3.05, 3.63) is 70.5 Å². The second kappa shape index (κ2) is 7.48. The second-order valence-corrected chi connectivity index (χ2v) is 5.95. The van der Waals surface area contributed by atoms with Crippen LogP contribution in [0.3, 0.4) is 0 Å². The van der Waals surface area contributed by atoms with E-state index in [-0.39, 0.29) is 11.9 Å². The van der Waals surface area contributed by atoms with Crippen molar-refractivity contribution >= 4 is 28.5 Å². The summed E-state index contributed by atoms with van der Waals surface area (Å²) in [4.78, 5) is 4.41. The van der Waals surface area contributed by atoms with Crippen LogP contribution in [0.5, 0.6) is 0 Å². The van der Waals surface area contributed by atoms with E-state index in [9.17, 15) is 4.39 Å². The highest BCUT2D eigenvalue weighted by atomic mass is 35.5. The smallest absolute Gasteiger partial charge is 0.154 e. The zero-order valence-corrected chi connectivity index (χ0v) is 13.2. The molecule has 0 amide bonds. The summed E-state index contributed by atoms with van der Waals surface area (Å²) >= 11 is 7.26. The number of amidine groups is 1. The summed E-state index contributed by atoms with van der Waals surface area (Å²) in [6.45, 7) is 1.97. The number of rotatable bonds is 4. The van der Waals surface area contributed by atoms with Crippen molar-refractivity contribution in [3.8, 4) is 0 Å². The van der Waals surface area contributed by atoms with Gasteiger partial charge in [0.1, 0.15) is 5.82 Å². The van der Waals surface area contributed by atoms with Gasteiger partial charge in [-0.15, -0.1) is 0 Å². The maximum Gasteiger partial charge on any atom is 0.154 e. The van der Waals surface area contributed by atoms with Crippen LogP contribution in [0.2, 0.25) is 5.02 Å². The zero-order chi connectivity index (χ0) is 15.2. The van der Waals surface area contributed by atoms with Gasteiger partial charge in [0, 0.05) is 16.3 Å². The monoisotopic (exact) mass is 322 g/mol. The lowest BCUT2D eigenvalue weighted by molar-refractivity contribution is 0.617. The van der Waals surface area contributed by atoms with Crippen molar-refractivity contribution in [1.82, 2.24) is 0 Å². The Bertz CT molecular complexity index is 611. The summed E-state index contributed by atoms with van der Waals surface area (Å²) in [6.07, 6.45) is 0. The first kappa shape index (κ1) is 15.9. The molecular weight excluding hydrogens is 307 g/mol. The van der Waals surface area contributed by atoms with E-state index in [1.54, 1.807) is 12.1 Å². The molecule has 0 aliphatic heterocycles. The van der Waals surface area contributed by atoms with Crippen LogP contribution in [0, 0.1) is 5.82 Å². The SMILES string of the molecule is C[C@@H](N=C(N)SCc1c(F)cccc1Cl)c1ccccc1. The van der Waals surface area contributed by atoms with Gasteiger partial charge in [-0.05, 0) is 24.6 Å². The molecule has 2 aromatic rings. The Kier molecular flexibility index (Phi) is 5.65. The van der Waals surface area contributed by atoms with Crippen LogP contribution >= 0.6 is 23.4 Å². The lowest BCUT2D eigenvalue weighted by Crippen LogP contribution is -2.09. The highest BCUT2D eigenvalue weighted by Gasteiger charge is 2.09. The van der Waals surface area contributed by atoms with Gasteiger partial charge in [-0.3, -0.25) is 4.99 Å². The van der Waals surface area contributed by atoms with Gasteiger partial charge in [0.2, 0.25) is 0 Å². The number of aliphatic imine (C=N–C) groups is 1. The molecule has 0 heterocycles. The van der Waals surface area contributed by atoms with Crippen LogP contribution in [0.15, 0.2) is 53.5 Å². The summed E-state index contributed by atoms with van der Waals surface area (Å²) in [5, 5.41) is 0.831. The van der Waals surface area contributed by atoms with E-state index in [2.05, 4.69) is 4.99 Å². The molecule has 0 bridgehead atoms. The summed E-state index contributed by atoms with van der Waals surface area (Å²) in [6, 6.07) is 14.5. The number of hydrogen-bond donors (Lipinski definition) is 1. The maximum atomic E-state index is 13.6. The van der Waals surface area contributed by atoms with E-state index in [0.717, 1.165) is 5.56 Å². The summed E-state index contributed by atoms with van der Waals surface area (Å²) in [5.74, 6) is 0.0430. The molecule has 0 unspecified atom stereocenters. The molecule has 0 saturated heterocycles. The summed E-state index contributed by atoms with van der Waals surface area (Å²) in [7, 11) is 0. The first-order chi connectivity index (χ1) is 10.1. The van der Waals surface area contributed by atoms with Gasteiger partial charge in [0.25, 0.3) is 0 Å². The zero-order valence-electron chi connectivity index (χ0n) is 11.6. The van der Waals surface area contributed by atoms with E-state index in [4.69, 9.17) is 17.3 Å². The molecule has 2 N–H and O–H groups in total. The molecule has 0 aromatic heterocycles. The van der Waals surface area contributed by atoms with Gasteiger partial charge in [-0.1, -0.05) is 59.8 Å². The highest BCUT2D eigenvalue weighted by molar-refractivity contribution is 8.13. The number of hydrogen-bond acceptors (Lipinski definition) is 2. The third kappa shape index (κ3) is 4.48. The lowest BCUT2D eigenvalue weighted by atomic mass is 10.1. The Morgan fingerprint density at radius 2 is 1.95 bits per heavy atom. The van der Waals surface area contributed by atoms with Crippen molar-refractivity contribution in [2.75, 3.05) is 0 Å². The molecule has 2 rings (SSSR count). The van der Waals surface area contributed by atoms with Gasteiger partial charge < -0.3 is 5.73 Å². The molecule has 2 aromatic carbocycles. The topological polar surface area (TPSA) is 38.4 Å². The molecule has 1 atom stereocenters. The Balaban J connectivity index is 2.01. The van der Waals surface area contributed by atoms with E-state index in [0.29, 0.717) is 21.5 Å². The summed E-state index contributed by atoms with van der Waals surface area (Å²) < 4.78 is 13.6. The lowest BCUT2D eigenvalue weighted by Gasteiger charge is -2.09. The van der Waals surface area contributed by atoms with E-state index in [1.807, 2.05) is 37.3 Å². The predicted molar refractivity (Wildman–Crippen MR) is 89.2 cm³/mol. The third-order valence-corrected chi connectivity index (χ3v) is 4.22. The molecule has 0 spiro atoms. The molecule has 5 heteroatoms. The fourth-order valence-corrected chi connectivity index (χ4v) is 2.98. The molecule has 0 radical (unpaired) electrons. The normalized spacial score (nSPS) is 13.2. The second-order valence-electron chi connectivity index (χ2n) is 4.54. The fraction of sp³-hybridized carbons (Fsp3) is 0.188. The average Bonchev–Trinajstić information content (AvgIpc) is 2.47. The van der Waals surface area contributed by atoms with Crippen molar-refractivity contribution in [2.24, 2.45) is 10.7 Å². The van der Waals surface area contributed by atoms with Crippen molar-refractivity contribution < 1.29 is 4.39 Å². The largest absolute Gasteiger partial charge is 0.379 e. The van der Waals surface area contributed by atoms with Crippen LogP contribution < -0.4 is 5.73 Å². The van der Waals surface area contributed by atoms with Crippen LogP contribution in [-0.2, 0) is 5.75 Å². The first-order valence-corrected chi connectivity index (χ1v) is 7.88.